The first-order valence-electron chi connectivity index (χ1n) is 11.4. The van der Waals surface area contributed by atoms with E-state index in [4.69, 9.17) is 5.26 Å². The molecule has 1 aliphatic carbocycles. The molecule has 1 fully saturated rings. The van der Waals surface area contributed by atoms with Crippen LogP contribution < -0.4 is 4.90 Å². The van der Waals surface area contributed by atoms with E-state index < -0.39 is 11.9 Å². The highest BCUT2D eigenvalue weighted by atomic mass is 16.2. The molecule has 0 aromatic heterocycles. The second-order valence-corrected chi connectivity index (χ2v) is 8.67. The second kappa shape index (κ2) is 9.83. The molecule has 168 valence electrons. The summed E-state index contributed by atoms with van der Waals surface area (Å²) in [5, 5.41) is 9.02. The summed E-state index contributed by atoms with van der Waals surface area (Å²) in [6.45, 7) is 2.31. The molecule has 0 spiro atoms. The van der Waals surface area contributed by atoms with Crippen LogP contribution in [0.4, 0.5) is 5.69 Å². The lowest BCUT2D eigenvalue weighted by Crippen LogP contribution is -2.46. The molecular formula is C27H27N3O3. The molecule has 2 aliphatic rings. The Balaban J connectivity index is 1.61. The molecule has 0 N–H and O–H groups in total. The Labute approximate surface area is 194 Å². The predicted molar refractivity (Wildman–Crippen MR) is 125 cm³/mol. The SMILES string of the molecule is Cc1cccc(C(=O)N(CCC2=CCCCC2)C2CC(=O)N(c3ccc(C#N)cc3)C2=O)c1. The third kappa shape index (κ3) is 4.88. The van der Waals surface area contributed by atoms with Crippen LogP contribution in [0, 0.1) is 18.3 Å². The van der Waals surface area contributed by atoms with E-state index in [9.17, 15) is 14.4 Å². The molecule has 2 aromatic carbocycles. The number of carbonyl (C=O) groups is 3. The van der Waals surface area contributed by atoms with Gasteiger partial charge in [0.25, 0.3) is 11.8 Å². The van der Waals surface area contributed by atoms with Crippen molar-refractivity contribution in [3.8, 4) is 6.07 Å². The molecule has 33 heavy (non-hydrogen) atoms. The Morgan fingerprint density at radius 3 is 2.61 bits per heavy atom. The maximum Gasteiger partial charge on any atom is 0.257 e. The van der Waals surface area contributed by atoms with Gasteiger partial charge >= 0.3 is 0 Å². The van der Waals surface area contributed by atoms with E-state index in [1.165, 1.54) is 12.0 Å². The van der Waals surface area contributed by atoms with E-state index in [1.807, 2.05) is 31.2 Å². The van der Waals surface area contributed by atoms with E-state index in [0.29, 0.717) is 29.8 Å². The minimum absolute atomic E-state index is 0.0462. The highest BCUT2D eigenvalue weighted by molar-refractivity contribution is 6.23. The van der Waals surface area contributed by atoms with Gasteiger partial charge in [0.1, 0.15) is 6.04 Å². The minimum Gasteiger partial charge on any atom is -0.326 e. The van der Waals surface area contributed by atoms with E-state index in [1.54, 1.807) is 35.2 Å². The molecule has 3 amide bonds. The maximum atomic E-state index is 13.5. The van der Waals surface area contributed by atoms with Crippen LogP contribution in [0.3, 0.4) is 0 Å². The number of anilines is 1. The van der Waals surface area contributed by atoms with Crippen molar-refractivity contribution in [3.05, 3.63) is 76.9 Å². The number of carbonyl (C=O) groups excluding carboxylic acids is 3. The van der Waals surface area contributed by atoms with Gasteiger partial charge in [-0.3, -0.25) is 14.4 Å². The van der Waals surface area contributed by atoms with Crippen molar-refractivity contribution in [1.29, 1.82) is 5.26 Å². The van der Waals surface area contributed by atoms with Crippen LogP contribution >= 0.6 is 0 Å². The lowest BCUT2D eigenvalue weighted by atomic mass is 9.96. The lowest BCUT2D eigenvalue weighted by molar-refractivity contribution is -0.122. The number of nitrogens with zero attached hydrogens (tertiary/aromatic N) is 3. The Bertz CT molecular complexity index is 1140. The summed E-state index contributed by atoms with van der Waals surface area (Å²) in [5.41, 5.74) is 3.66. The number of imide groups is 1. The van der Waals surface area contributed by atoms with Crippen molar-refractivity contribution < 1.29 is 14.4 Å². The van der Waals surface area contributed by atoms with Gasteiger partial charge in [0.15, 0.2) is 0 Å². The van der Waals surface area contributed by atoms with Crippen molar-refractivity contribution >= 4 is 23.4 Å². The fourth-order valence-electron chi connectivity index (χ4n) is 4.55. The monoisotopic (exact) mass is 441 g/mol. The van der Waals surface area contributed by atoms with E-state index in [0.717, 1.165) is 29.7 Å². The van der Waals surface area contributed by atoms with Crippen LogP contribution in [-0.2, 0) is 9.59 Å². The van der Waals surface area contributed by atoms with Gasteiger partial charge in [-0.1, -0.05) is 29.3 Å². The zero-order valence-electron chi connectivity index (χ0n) is 18.8. The van der Waals surface area contributed by atoms with Crippen LogP contribution in [0.1, 0.15) is 60.0 Å². The molecular weight excluding hydrogens is 414 g/mol. The Morgan fingerprint density at radius 1 is 1.15 bits per heavy atom. The molecule has 6 nitrogen and oxygen atoms in total. The fraction of sp³-hybridized carbons (Fsp3) is 0.333. The maximum absolute atomic E-state index is 13.5. The summed E-state index contributed by atoms with van der Waals surface area (Å²) in [7, 11) is 0. The molecule has 1 atom stereocenters. The van der Waals surface area contributed by atoms with Crippen LogP contribution in [0.5, 0.6) is 0 Å². The predicted octanol–water partition coefficient (Wildman–Crippen LogP) is 4.53. The van der Waals surface area contributed by atoms with Crippen molar-refractivity contribution in [1.82, 2.24) is 4.90 Å². The van der Waals surface area contributed by atoms with Crippen LogP contribution in [0.15, 0.2) is 60.2 Å². The molecule has 1 heterocycles. The van der Waals surface area contributed by atoms with Crippen LogP contribution in [0.25, 0.3) is 0 Å². The first-order chi connectivity index (χ1) is 16.0. The van der Waals surface area contributed by atoms with Gasteiger partial charge in [-0.15, -0.1) is 0 Å². The van der Waals surface area contributed by atoms with Gasteiger partial charge in [-0.25, -0.2) is 4.90 Å². The molecule has 0 radical (unpaired) electrons. The van der Waals surface area contributed by atoms with E-state index in [2.05, 4.69) is 6.08 Å². The molecule has 0 bridgehead atoms. The Hall–Kier alpha value is -3.72. The quantitative estimate of drug-likeness (QED) is 0.487. The summed E-state index contributed by atoms with van der Waals surface area (Å²) in [4.78, 5) is 42.5. The third-order valence-corrected chi connectivity index (χ3v) is 6.34. The summed E-state index contributed by atoms with van der Waals surface area (Å²) < 4.78 is 0. The zero-order chi connectivity index (χ0) is 23.4. The molecule has 0 saturated carbocycles. The number of amides is 3. The number of allylic oxidation sites excluding steroid dienone is 1. The van der Waals surface area contributed by atoms with Crippen LogP contribution in [-0.4, -0.2) is 35.2 Å². The number of benzene rings is 2. The molecule has 1 aliphatic heterocycles. The van der Waals surface area contributed by atoms with Gasteiger partial charge < -0.3 is 4.90 Å². The van der Waals surface area contributed by atoms with Crippen molar-refractivity contribution in [2.24, 2.45) is 0 Å². The molecule has 1 unspecified atom stereocenters. The number of hydrogen-bond donors (Lipinski definition) is 0. The number of aryl methyl sites for hydroxylation is 1. The Kier molecular flexibility index (Phi) is 6.69. The van der Waals surface area contributed by atoms with Gasteiger partial charge in [-0.2, -0.15) is 5.26 Å². The highest BCUT2D eigenvalue weighted by Gasteiger charge is 2.44. The standard InChI is InChI=1S/C27H27N3O3/c1-19-6-5-9-22(16-19)26(32)29(15-14-20-7-3-2-4-8-20)24-17-25(31)30(27(24)33)23-12-10-21(18-28)11-13-23/h5-7,9-13,16,24H,2-4,8,14-15,17H2,1H3. The summed E-state index contributed by atoms with van der Waals surface area (Å²) >= 11 is 0. The normalized spacial score (nSPS) is 18.1. The summed E-state index contributed by atoms with van der Waals surface area (Å²) in [5.74, 6) is -0.972. The number of hydrogen-bond acceptors (Lipinski definition) is 4. The van der Waals surface area contributed by atoms with Crippen molar-refractivity contribution in [2.75, 3.05) is 11.4 Å². The molecule has 1 saturated heterocycles. The van der Waals surface area contributed by atoms with Crippen LogP contribution in [0.2, 0.25) is 0 Å². The number of nitriles is 1. The Morgan fingerprint density at radius 2 is 1.94 bits per heavy atom. The van der Waals surface area contributed by atoms with Gasteiger partial charge in [0, 0.05) is 12.1 Å². The number of rotatable bonds is 6. The molecule has 4 rings (SSSR count). The van der Waals surface area contributed by atoms with Gasteiger partial charge in [0.2, 0.25) is 5.91 Å². The highest BCUT2D eigenvalue weighted by Crippen LogP contribution is 2.28. The minimum atomic E-state index is -0.842. The molecule has 2 aromatic rings. The smallest absolute Gasteiger partial charge is 0.257 e. The summed E-state index contributed by atoms with van der Waals surface area (Å²) in [6.07, 6.45) is 7.29. The largest absolute Gasteiger partial charge is 0.326 e. The third-order valence-electron chi connectivity index (χ3n) is 6.34. The lowest BCUT2D eigenvalue weighted by Gasteiger charge is -2.29. The fourth-order valence-corrected chi connectivity index (χ4v) is 4.55. The first-order valence-corrected chi connectivity index (χ1v) is 11.4. The first kappa shape index (κ1) is 22.5. The average Bonchev–Trinajstić information content (AvgIpc) is 3.13. The zero-order valence-corrected chi connectivity index (χ0v) is 18.8. The van der Waals surface area contributed by atoms with Crippen molar-refractivity contribution in [2.45, 2.75) is 51.5 Å². The van der Waals surface area contributed by atoms with E-state index in [-0.39, 0.29) is 18.2 Å². The van der Waals surface area contributed by atoms with Crippen molar-refractivity contribution in [3.63, 3.8) is 0 Å². The average molecular weight is 442 g/mol. The topological polar surface area (TPSA) is 81.5 Å². The molecule has 6 heteroatoms. The summed E-state index contributed by atoms with van der Waals surface area (Å²) in [6, 6.07) is 14.8. The van der Waals surface area contributed by atoms with Gasteiger partial charge in [-0.05, 0) is 75.4 Å². The van der Waals surface area contributed by atoms with Gasteiger partial charge in [0.05, 0.1) is 23.7 Å². The second-order valence-electron chi connectivity index (χ2n) is 8.67. The van der Waals surface area contributed by atoms with E-state index >= 15 is 0 Å².